The van der Waals surface area contributed by atoms with Gasteiger partial charge >= 0.3 is 6.09 Å². The number of hydrogen-bond donors (Lipinski definition) is 0. The van der Waals surface area contributed by atoms with Crippen LogP contribution in [0, 0.1) is 0 Å². The molecule has 4 heteroatoms. The lowest BCUT2D eigenvalue weighted by atomic mass is 10.2. The Labute approximate surface area is 106 Å². The summed E-state index contributed by atoms with van der Waals surface area (Å²) in [5.74, 6) is 0. The zero-order chi connectivity index (χ0) is 13.3. The van der Waals surface area contributed by atoms with Crippen LogP contribution in [0.15, 0.2) is 34.9 Å². The van der Waals surface area contributed by atoms with E-state index in [9.17, 15) is 4.79 Å². The molecule has 0 fully saturated rings. The largest absolute Gasteiger partial charge is 0.464 e. The standard InChI is InChI=1S/C14H17NO3/c1-14(2,3)18-13(16)15(4)11-5-6-12-10(9-11)7-8-17-12/h5-9H,1-4H3. The maximum atomic E-state index is 11.9. The zero-order valence-electron chi connectivity index (χ0n) is 11.1. The van der Waals surface area contributed by atoms with Crippen molar-refractivity contribution in [3.8, 4) is 0 Å². The Bertz CT molecular complexity index is 566. The van der Waals surface area contributed by atoms with Crippen molar-refractivity contribution < 1.29 is 13.9 Å². The molecule has 4 nitrogen and oxygen atoms in total. The second-order valence-corrected chi connectivity index (χ2v) is 5.18. The molecular weight excluding hydrogens is 230 g/mol. The van der Waals surface area contributed by atoms with Crippen molar-refractivity contribution in [2.24, 2.45) is 0 Å². The number of furan rings is 1. The smallest absolute Gasteiger partial charge is 0.414 e. The molecule has 2 rings (SSSR count). The van der Waals surface area contributed by atoms with Gasteiger partial charge in [0, 0.05) is 18.1 Å². The highest BCUT2D eigenvalue weighted by Gasteiger charge is 2.20. The van der Waals surface area contributed by atoms with Gasteiger partial charge in [-0.25, -0.2) is 4.79 Å². The Morgan fingerprint density at radius 2 is 2.00 bits per heavy atom. The van der Waals surface area contributed by atoms with E-state index in [1.165, 1.54) is 4.90 Å². The summed E-state index contributed by atoms with van der Waals surface area (Å²) in [7, 11) is 1.69. The minimum atomic E-state index is -0.495. The molecule has 0 aliphatic carbocycles. The van der Waals surface area contributed by atoms with Crippen LogP contribution in [0.5, 0.6) is 0 Å². The van der Waals surface area contributed by atoms with Crippen LogP contribution in [0.3, 0.4) is 0 Å². The predicted molar refractivity (Wildman–Crippen MR) is 70.9 cm³/mol. The average molecular weight is 247 g/mol. The van der Waals surface area contributed by atoms with E-state index in [4.69, 9.17) is 9.15 Å². The monoisotopic (exact) mass is 247 g/mol. The second kappa shape index (κ2) is 4.37. The first-order valence-electron chi connectivity index (χ1n) is 5.81. The molecule has 18 heavy (non-hydrogen) atoms. The van der Waals surface area contributed by atoms with Crippen LogP contribution in [0.1, 0.15) is 20.8 Å². The summed E-state index contributed by atoms with van der Waals surface area (Å²) < 4.78 is 10.6. The first-order valence-corrected chi connectivity index (χ1v) is 5.81. The summed E-state index contributed by atoms with van der Waals surface area (Å²) in [6.45, 7) is 5.54. The van der Waals surface area contributed by atoms with E-state index >= 15 is 0 Å². The summed E-state index contributed by atoms with van der Waals surface area (Å²) in [6, 6.07) is 7.42. The fourth-order valence-corrected chi connectivity index (χ4v) is 1.60. The van der Waals surface area contributed by atoms with E-state index in [0.29, 0.717) is 0 Å². The lowest BCUT2D eigenvalue weighted by Gasteiger charge is -2.24. The van der Waals surface area contributed by atoms with Gasteiger partial charge in [-0.3, -0.25) is 4.90 Å². The van der Waals surface area contributed by atoms with Crippen LogP contribution >= 0.6 is 0 Å². The highest BCUT2D eigenvalue weighted by atomic mass is 16.6. The summed E-state index contributed by atoms with van der Waals surface area (Å²) in [4.78, 5) is 13.4. The number of fused-ring (bicyclic) bond motifs is 1. The van der Waals surface area contributed by atoms with Crippen LogP contribution in [-0.4, -0.2) is 18.7 Å². The van der Waals surface area contributed by atoms with Crippen molar-refractivity contribution in [2.75, 3.05) is 11.9 Å². The molecule has 1 aromatic carbocycles. The first-order chi connectivity index (χ1) is 8.37. The molecule has 2 aromatic rings. The number of nitrogens with zero attached hydrogens (tertiary/aromatic N) is 1. The van der Waals surface area contributed by atoms with E-state index in [1.807, 2.05) is 45.0 Å². The number of amides is 1. The summed E-state index contributed by atoms with van der Waals surface area (Å²) in [5.41, 5.74) is 1.08. The number of carbonyl (C=O) groups is 1. The van der Waals surface area contributed by atoms with Crippen molar-refractivity contribution in [2.45, 2.75) is 26.4 Å². The highest BCUT2D eigenvalue weighted by Crippen LogP contribution is 2.23. The van der Waals surface area contributed by atoms with E-state index in [1.54, 1.807) is 13.3 Å². The van der Waals surface area contributed by atoms with Crippen molar-refractivity contribution in [1.82, 2.24) is 0 Å². The number of carbonyl (C=O) groups excluding carboxylic acids is 1. The molecule has 0 radical (unpaired) electrons. The Morgan fingerprint density at radius 1 is 1.28 bits per heavy atom. The van der Waals surface area contributed by atoms with Crippen LogP contribution in [0.4, 0.5) is 10.5 Å². The average Bonchev–Trinajstić information content (AvgIpc) is 2.72. The molecule has 1 amide bonds. The summed E-state index contributed by atoms with van der Waals surface area (Å²) in [6.07, 6.45) is 1.26. The van der Waals surface area contributed by atoms with E-state index in [0.717, 1.165) is 16.7 Å². The maximum Gasteiger partial charge on any atom is 0.414 e. The quantitative estimate of drug-likeness (QED) is 0.769. The molecule has 1 aromatic heterocycles. The number of rotatable bonds is 1. The third-order valence-electron chi connectivity index (χ3n) is 2.49. The molecule has 0 spiro atoms. The van der Waals surface area contributed by atoms with Gasteiger partial charge in [0.1, 0.15) is 11.2 Å². The van der Waals surface area contributed by atoms with Gasteiger partial charge in [0.2, 0.25) is 0 Å². The van der Waals surface area contributed by atoms with Crippen LogP contribution in [0.25, 0.3) is 11.0 Å². The number of ether oxygens (including phenoxy) is 1. The molecule has 96 valence electrons. The van der Waals surface area contributed by atoms with Gasteiger partial charge in [-0.15, -0.1) is 0 Å². The van der Waals surface area contributed by atoms with Gasteiger partial charge in [0.25, 0.3) is 0 Å². The van der Waals surface area contributed by atoms with Crippen molar-refractivity contribution in [3.05, 3.63) is 30.5 Å². The lowest BCUT2D eigenvalue weighted by Crippen LogP contribution is -2.34. The highest BCUT2D eigenvalue weighted by molar-refractivity contribution is 5.91. The normalized spacial score (nSPS) is 11.6. The van der Waals surface area contributed by atoms with Crippen molar-refractivity contribution in [1.29, 1.82) is 0 Å². The molecule has 0 N–H and O–H groups in total. The second-order valence-electron chi connectivity index (χ2n) is 5.18. The molecule has 0 aliphatic heterocycles. The lowest BCUT2D eigenvalue weighted by molar-refractivity contribution is 0.0589. The maximum absolute atomic E-state index is 11.9. The Balaban J connectivity index is 2.22. The number of hydrogen-bond acceptors (Lipinski definition) is 3. The molecule has 0 saturated heterocycles. The van der Waals surface area contributed by atoms with Crippen LogP contribution < -0.4 is 4.90 Å². The molecular formula is C14H17NO3. The van der Waals surface area contributed by atoms with Gasteiger partial charge in [-0.2, -0.15) is 0 Å². The first kappa shape index (κ1) is 12.5. The molecule has 0 aliphatic rings. The molecule has 0 bridgehead atoms. The fraction of sp³-hybridized carbons (Fsp3) is 0.357. The Kier molecular flexibility index (Phi) is 3.03. The molecule has 0 atom stereocenters. The minimum Gasteiger partial charge on any atom is -0.464 e. The molecule has 0 unspecified atom stereocenters. The van der Waals surface area contributed by atoms with Gasteiger partial charge in [-0.05, 0) is 45.0 Å². The van der Waals surface area contributed by atoms with E-state index in [-0.39, 0.29) is 6.09 Å². The third kappa shape index (κ3) is 2.64. The zero-order valence-corrected chi connectivity index (χ0v) is 11.1. The van der Waals surface area contributed by atoms with E-state index in [2.05, 4.69) is 0 Å². The van der Waals surface area contributed by atoms with E-state index < -0.39 is 5.60 Å². The predicted octanol–water partition coefficient (Wildman–Crippen LogP) is 3.80. The Morgan fingerprint density at radius 3 is 2.67 bits per heavy atom. The molecule has 0 saturated carbocycles. The Hall–Kier alpha value is -1.97. The van der Waals surface area contributed by atoms with Crippen molar-refractivity contribution >= 4 is 22.7 Å². The third-order valence-corrected chi connectivity index (χ3v) is 2.49. The van der Waals surface area contributed by atoms with Crippen LogP contribution in [-0.2, 0) is 4.74 Å². The van der Waals surface area contributed by atoms with Gasteiger partial charge in [0.05, 0.1) is 6.26 Å². The van der Waals surface area contributed by atoms with Gasteiger partial charge in [0.15, 0.2) is 0 Å². The topological polar surface area (TPSA) is 42.7 Å². The van der Waals surface area contributed by atoms with Gasteiger partial charge in [-0.1, -0.05) is 0 Å². The summed E-state index contributed by atoms with van der Waals surface area (Å²) >= 11 is 0. The number of anilines is 1. The number of benzene rings is 1. The summed E-state index contributed by atoms with van der Waals surface area (Å²) in [5, 5.41) is 0.961. The van der Waals surface area contributed by atoms with Gasteiger partial charge < -0.3 is 9.15 Å². The van der Waals surface area contributed by atoms with Crippen molar-refractivity contribution in [3.63, 3.8) is 0 Å². The van der Waals surface area contributed by atoms with Crippen LogP contribution in [0.2, 0.25) is 0 Å². The minimum absolute atomic E-state index is 0.370. The fourth-order valence-electron chi connectivity index (χ4n) is 1.60. The SMILES string of the molecule is CN(C(=O)OC(C)(C)C)c1ccc2occc2c1. The molecule has 1 heterocycles.